The summed E-state index contributed by atoms with van der Waals surface area (Å²) in [6.07, 6.45) is 1.61. The van der Waals surface area contributed by atoms with Crippen molar-refractivity contribution in [2.45, 2.75) is 6.04 Å². The number of nitrogens with one attached hydrogen (secondary N) is 1. The zero-order chi connectivity index (χ0) is 20.6. The third kappa shape index (κ3) is 4.09. The van der Waals surface area contributed by atoms with E-state index < -0.39 is 10.0 Å². The molecule has 1 aliphatic rings. The molecule has 0 unspecified atom stereocenters. The number of imidazole rings is 1. The van der Waals surface area contributed by atoms with Gasteiger partial charge in [0.25, 0.3) is 0 Å². The summed E-state index contributed by atoms with van der Waals surface area (Å²) >= 11 is 6.42. The van der Waals surface area contributed by atoms with Crippen molar-refractivity contribution in [3.63, 3.8) is 0 Å². The average molecular weight is 436 g/mol. The van der Waals surface area contributed by atoms with Gasteiger partial charge in [0, 0.05) is 39.0 Å². The maximum Gasteiger partial charge on any atom is 0.214 e. The number of pyridine rings is 1. The maximum absolute atomic E-state index is 12.0. The van der Waals surface area contributed by atoms with E-state index in [1.807, 2.05) is 46.8 Å². The van der Waals surface area contributed by atoms with Gasteiger partial charge in [-0.25, -0.2) is 23.1 Å². The number of benzene rings is 1. The molecular weight excluding hydrogens is 414 g/mol. The maximum atomic E-state index is 12.0. The molecule has 0 saturated carbocycles. The molecule has 8 nitrogen and oxygen atoms in total. The Bertz CT molecular complexity index is 1140. The van der Waals surface area contributed by atoms with Crippen LogP contribution in [0.5, 0.6) is 0 Å². The molecule has 1 fully saturated rings. The normalized spacial score (nSPS) is 15.1. The number of hydrogen-bond donors (Lipinski definition) is 1. The van der Waals surface area contributed by atoms with Crippen molar-refractivity contribution in [1.29, 1.82) is 0 Å². The van der Waals surface area contributed by atoms with Crippen LogP contribution in [0.3, 0.4) is 0 Å². The van der Waals surface area contributed by atoms with E-state index in [1.54, 1.807) is 6.20 Å². The lowest BCUT2D eigenvalue weighted by Crippen LogP contribution is -2.60. The van der Waals surface area contributed by atoms with Gasteiger partial charge in [-0.15, -0.1) is 0 Å². The molecule has 10 heteroatoms. The smallest absolute Gasteiger partial charge is 0.214 e. The number of para-hydroxylation sites is 2. The van der Waals surface area contributed by atoms with Crippen molar-refractivity contribution in [2.75, 3.05) is 37.5 Å². The molecule has 0 radical (unpaired) electrons. The zero-order valence-corrected chi connectivity index (χ0v) is 17.7. The Balaban J connectivity index is 1.52. The van der Waals surface area contributed by atoms with Crippen LogP contribution in [0.1, 0.15) is 0 Å². The molecule has 3 aromatic rings. The summed E-state index contributed by atoms with van der Waals surface area (Å²) in [6.45, 7) is 1.26. The van der Waals surface area contributed by atoms with E-state index in [0.717, 1.165) is 28.2 Å². The fourth-order valence-corrected chi connectivity index (χ4v) is 4.75. The van der Waals surface area contributed by atoms with Gasteiger partial charge in [0.2, 0.25) is 10.0 Å². The second-order valence-corrected chi connectivity index (χ2v) is 9.32. The summed E-state index contributed by atoms with van der Waals surface area (Å²) in [6, 6.07) is 9.66. The Hall–Kier alpha value is -2.20. The van der Waals surface area contributed by atoms with Crippen molar-refractivity contribution in [3.8, 4) is 11.4 Å². The van der Waals surface area contributed by atoms with Crippen molar-refractivity contribution in [2.24, 2.45) is 7.05 Å². The number of sulfonamides is 1. The van der Waals surface area contributed by atoms with Gasteiger partial charge in [0.05, 0.1) is 34.5 Å². The number of methoxy groups -OCH3 is 1. The van der Waals surface area contributed by atoms with Crippen LogP contribution in [-0.4, -0.2) is 61.6 Å². The first kappa shape index (κ1) is 20.1. The number of ether oxygens (including phenoxy) is 1. The van der Waals surface area contributed by atoms with E-state index in [2.05, 4.69) is 9.71 Å². The van der Waals surface area contributed by atoms with Gasteiger partial charge >= 0.3 is 0 Å². The van der Waals surface area contributed by atoms with Crippen LogP contribution in [0.4, 0.5) is 5.82 Å². The molecule has 1 aliphatic heterocycles. The summed E-state index contributed by atoms with van der Waals surface area (Å²) in [5.74, 6) is 1.46. The van der Waals surface area contributed by atoms with E-state index in [-0.39, 0.29) is 18.4 Å². The summed E-state index contributed by atoms with van der Waals surface area (Å²) < 4.78 is 33.5. The molecule has 0 bridgehead atoms. The minimum atomic E-state index is -3.34. The second kappa shape index (κ2) is 7.91. The number of nitrogens with zero attached hydrogens (tertiary/aromatic N) is 4. The Labute approximate surface area is 174 Å². The van der Waals surface area contributed by atoms with Crippen LogP contribution in [-0.2, 0) is 21.8 Å². The zero-order valence-electron chi connectivity index (χ0n) is 16.2. The highest BCUT2D eigenvalue weighted by Crippen LogP contribution is 2.32. The SMILES string of the molecule is COCCS(=O)(=O)NC1CN(c2cc(-c3nc4ccccc4n3C)c(Cl)cn2)C1. The monoisotopic (exact) mass is 435 g/mol. The molecule has 0 amide bonds. The lowest BCUT2D eigenvalue weighted by Gasteiger charge is -2.40. The Morgan fingerprint density at radius 1 is 1.31 bits per heavy atom. The molecule has 0 aliphatic carbocycles. The van der Waals surface area contributed by atoms with Crippen LogP contribution >= 0.6 is 11.6 Å². The standard InChI is InChI=1S/C19H22ClN5O3S/c1-24-17-6-4-3-5-16(17)22-19(24)14-9-18(21-10-15(14)20)25-11-13(12-25)23-29(26,27)8-7-28-2/h3-6,9-10,13,23H,7-8,11-12H2,1-2H3. The fraction of sp³-hybridized carbons (Fsp3) is 0.368. The van der Waals surface area contributed by atoms with Crippen LogP contribution in [0.2, 0.25) is 5.02 Å². The minimum Gasteiger partial charge on any atom is -0.384 e. The van der Waals surface area contributed by atoms with Gasteiger partial charge in [0.15, 0.2) is 0 Å². The summed E-state index contributed by atoms with van der Waals surface area (Å²) in [5.41, 5.74) is 2.71. The average Bonchev–Trinajstić information content (AvgIpc) is 3.00. The van der Waals surface area contributed by atoms with Crippen molar-refractivity contribution < 1.29 is 13.2 Å². The molecule has 4 rings (SSSR count). The second-order valence-electron chi connectivity index (χ2n) is 7.04. The number of aryl methyl sites for hydroxylation is 1. The van der Waals surface area contributed by atoms with Gasteiger partial charge in [-0.3, -0.25) is 0 Å². The van der Waals surface area contributed by atoms with Gasteiger partial charge in [-0.2, -0.15) is 0 Å². The number of hydrogen-bond acceptors (Lipinski definition) is 6. The van der Waals surface area contributed by atoms with E-state index in [0.29, 0.717) is 18.1 Å². The lowest BCUT2D eigenvalue weighted by molar-refractivity contribution is 0.216. The first-order chi connectivity index (χ1) is 13.9. The molecule has 2 aromatic heterocycles. The highest BCUT2D eigenvalue weighted by atomic mass is 35.5. The van der Waals surface area contributed by atoms with Gasteiger partial charge < -0.3 is 14.2 Å². The van der Waals surface area contributed by atoms with Crippen molar-refractivity contribution >= 4 is 38.5 Å². The minimum absolute atomic E-state index is 0.0456. The molecular formula is C19H22ClN5O3S. The largest absolute Gasteiger partial charge is 0.384 e. The fourth-order valence-electron chi connectivity index (χ4n) is 3.40. The van der Waals surface area contributed by atoms with Gasteiger partial charge in [-0.05, 0) is 18.2 Å². The van der Waals surface area contributed by atoms with Crippen molar-refractivity contribution in [3.05, 3.63) is 41.6 Å². The predicted octanol–water partition coefficient (Wildman–Crippen LogP) is 2.04. The van der Waals surface area contributed by atoms with Crippen LogP contribution in [0, 0.1) is 0 Å². The Morgan fingerprint density at radius 2 is 2.07 bits per heavy atom. The number of anilines is 1. The number of fused-ring (bicyclic) bond motifs is 1. The van der Waals surface area contributed by atoms with E-state index in [4.69, 9.17) is 21.3 Å². The molecule has 1 N–H and O–H groups in total. The van der Waals surface area contributed by atoms with E-state index in [1.165, 1.54) is 7.11 Å². The molecule has 0 spiro atoms. The molecule has 0 atom stereocenters. The molecule has 3 heterocycles. The van der Waals surface area contributed by atoms with Crippen molar-refractivity contribution in [1.82, 2.24) is 19.3 Å². The van der Waals surface area contributed by atoms with Gasteiger partial charge in [-0.1, -0.05) is 23.7 Å². The van der Waals surface area contributed by atoms with Crippen LogP contribution in [0.25, 0.3) is 22.4 Å². The molecule has 1 aromatic carbocycles. The molecule has 154 valence electrons. The lowest BCUT2D eigenvalue weighted by atomic mass is 10.1. The van der Waals surface area contributed by atoms with Crippen LogP contribution in [0.15, 0.2) is 36.5 Å². The third-order valence-corrected chi connectivity index (χ3v) is 6.67. The van der Waals surface area contributed by atoms with Crippen LogP contribution < -0.4 is 9.62 Å². The predicted molar refractivity (Wildman–Crippen MR) is 114 cm³/mol. The highest BCUT2D eigenvalue weighted by Gasteiger charge is 2.31. The first-order valence-electron chi connectivity index (χ1n) is 9.19. The molecule has 29 heavy (non-hydrogen) atoms. The summed E-state index contributed by atoms with van der Waals surface area (Å²) in [5, 5.41) is 0.518. The van der Waals surface area contributed by atoms with E-state index >= 15 is 0 Å². The third-order valence-electron chi connectivity index (χ3n) is 4.98. The Morgan fingerprint density at radius 3 is 2.79 bits per heavy atom. The number of rotatable bonds is 7. The topological polar surface area (TPSA) is 89.4 Å². The van der Waals surface area contributed by atoms with Gasteiger partial charge in [0.1, 0.15) is 11.6 Å². The summed E-state index contributed by atoms with van der Waals surface area (Å²) in [4.78, 5) is 11.1. The highest BCUT2D eigenvalue weighted by molar-refractivity contribution is 7.89. The Kier molecular flexibility index (Phi) is 5.48. The number of aromatic nitrogens is 3. The first-order valence-corrected chi connectivity index (χ1v) is 11.2. The molecule has 1 saturated heterocycles. The number of halogens is 1. The quantitative estimate of drug-likeness (QED) is 0.611. The van der Waals surface area contributed by atoms with E-state index in [9.17, 15) is 8.42 Å². The summed E-state index contributed by atoms with van der Waals surface area (Å²) in [7, 11) is 0.0908.